The third kappa shape index (κ3) is 3.48. The molecule has 3 heteroatoms. The topological polar surface area (TPSA) is 29.5 Å². The van der Waals surface area contributed by atoms with Crippen molar-refractivity contribution in [2.75, 3.05) is 6.61 Å². The molecular weight excluding hydrogens is 202 g/mol. The zero-order chi connectivity index (χ0) is 12.3. The van der Waals surface area contributed by atoms with Gasteiger partial charge in [-0.2, -0.15) is 0 Å². The number of carbonyl (C=O) groups is 1. The lowest BCUT2D eigenvalue weighted by Crippen LogP contribution is -2.43. The van der Waals surface area contributed by atoms with Crippen molar-refractivity contribution in [1.29, 1.82) is 0 Å². The number of amides is 1. The maximum Gasteiger partial charge on any atom is 0.249 e. The Bertz CT molecular complexity index is 245. The van der Waals surface area contributed by atoms with Crippen LogP contribution in [0.5, 0.6) is 0 Å². The van der Waals surface area contributed by atoms with E-state index < -0.39 is 0 Å². The summed E-state index contributed by atoms with van der Waals surface area (Å²) in [4.78, 5) is 14.1. The molecule has 0 aromatic heterocycles. The minimum Gasteiger partial charge on any atom is -0.366 e. The monoisotopic (exact) mass is 227 g/mol. The average Bonchev–Trinajstić information content (AvgIpc) is 2.55. The molecule has 94 valence electrons. The van der Waals surface area contributed by atoms with Gasteiger partial charge < -0.3 is 9.64 Å². The number of hydrogen-bond acceptors (Lipinski definition) is 2. The molecule has 0 N–H and O–H groups in total. The molecule has 1 rings (SSSR count). The molecule has 0 aliphatic carbocycles. The zero-order valence-electron chi connectivity index (χ0n) is 11.2. The fourth-order valence-corrected chi connectivity index (χ4v) is 2.27. The van der Waals surface area contributed by atoms with Crippen LogP contribution in [0.3, 0.4) is 0 Å². The van der Waals surface area contributed by atoms with Crippen LogP contribution in [-0.2, 0) is 9.53 Å². The van der Waals surface area contributed by atoms with E-state index in [2.05, 4.69) is 13.8 Å². The van der Waals surface area contributed by atoms with Gasteiger partial charge in [0, 0.05) is 12.1 Å². The van der Waals surface area contributed by atoms with Gasteiger partial charge in [-0.25, -0.2) is 0 Å². The Morgan fingerprint density at radius 1 is 1.38 bits per heavy atom. The van der Waals surface area contributed by atoms with Crippen LogP contribution in [-0.4, -0.2) is 35.1 Å². The second-order valence-electron chi connectivity index (χ2n) is 5.69. The molecule has 0 aromatic rings. The number of nitrogens with zero attached hydrogens (tertiary/aromatic N) is 1. The van der Waals surface area contributed by atoms with Crippen LogP contribution in [0, 0.1) is 0 Å². The molecule has 3 nitrogen and oxygen atoms in total. The number of hydrogen-bond donors (Lipinski definition) is 0. The van der Waals surface area contributed by atoms with Crippen LogP contribution in [0.2, 0.25) is 0 Å². The second kappa shape index (κ2) is 5.17. The molecule has 1 fully saturated rings. The Morgan fingerprint density at radius 2 is 2.00 bits per heavy atom. The van der Waals surface area contributed by atoms with Crippen LogP contribution < -0.4 is 0 Å². The van der Waals surface area contributed by atoms with Crippen LogP contribution in [0.15, 0.2) is 0 Å². The maximum absolute atomic E-state index is 12.1. The number of rotatable bonds is 3. The summed E-state index contributed by atoms with van der Waals surface area (Å²) >= 11 is 0. The Labute approximate surface area is 99.1 Å². The Morgan fingerprint density at radius 3 is 2.50 bits per heavy atom. The van der Waals surface area contributed by atoms with Crippen molar-refractivity contribution < 1.29 is 9.53 Å². The molecule has 1 aliphatic heterocycles. The van der Waals surface area contributed by atoms with E-state index in [1.54, 1.807) is 0 Å². The lowest BCUT2D eigenvalue weighted by molar-refractivity contribution is -0.143. The molecule has 0 radical (unpaired) electrons. The lowest BCUT2D eigenvalue weighted by atomic mass is 10.1. The molecular formula is C13H25NO2. The van der Waals surface area contributed by atoms with Gasteiger partial charge in [-0.15, -0.1) is 0 Å². The number of carbonyl (C=O) groups excluding carboxylic acids is 1. The van der Waals surface area contributed by atoms with E-state index >= 15 is 0 Å². The van der Waals surface area contributed by atoms with Gasteiger partial charge in [0.05, 0.1) is 5.60 Å². The highest BCUT2D eigenvalue weighted by Crippen LogP contribution is 2.26. The largest absolute Gasteiger partial charge is 0.366 e. The summed E-state index contributed by atoms with van der Waals surface area (Å²) in [6, 6.07) is 0.798. The van der Waals surface area contributed by atoms with Crippen LogP contribution in [0.4, 0.5) is 0 Å². The van der Waals surface area contributed by atoms with Crippen molar-refractivity contribution >= 4 is 5.91 Å². The van der Waals surface area contributed by atoms with E-state index in [0.717, 1.165) is 19.3 Å². The van der Waals surface area contributed by atoms with Gasteiger partial charge in [0.1, 0.15) is 6.61 Å². The molecule has 2 atom stereocenters. The normalized spacial score (nSPS) is 26.2. The summed E-state index contributed by atoms with van der Waals surface area (Å²) in [6.07, 6.45) is 3.31. The molecule has 1 heterocycles. The van der Waals surface area contributed by atoms with Gasteiger partial charge in [-0.05, 0) is 47.0 Å². The molecule has 0 bridgehead atoms. The smallest absolute Gasteiger partial charge is 0.249 e. The Kier molecular flexibility index (Phi) is 4.36. The Balaban J connectivity index is 2.52. The van der Waals surface area contributed by atoms with Gasteiger partial charge >= 0.3 is 0 Å². The molecule has 0 spiro atoms. The highest BCUT2D eigenvalue weighted by Gasteiger charge is 2.33. The van der Waals surface area contributed by atoms with Crippen molar-refractivity contribution in [1.82, 2.24) is 4.90 Å². The standard InChI is InChI=1S/C13H25NO2/c1-6-11-8-7-10(2)14(11)12(15)9-16-13(3,4)5/h10-11H,6-9H2,1-5H3. The fourth-order valence-electron chi connectivity index (χ4n) is 2.27. The van der Waals surface area contributed by atoms with Crippen LogP contribution in [0.25, 0.3) is 0 Å². The third-order valence-electron chi connectivity index (χ3n) is 3.17. The van der Waals surface area contributed by atoms with E-state index in [-0.39, 0.29) is 18.1 Å². The molecule has 0 aromatic carbocycles. The van der Waals surface area contributed by atoms with Crippen LogP contribution in [0.1, 0.15) is 53.9 Å². The van der Waals surface area contributed by atoms with Crippen molar-refractivity contribution in [3.05, 3.63) is 0 Å². The van der Waals surface area contributed by atoms with Gasteiger partial charge in [0.15, 0.2) is 0 Å². The van der Waals surface area contributed by atoms with E-state index in [1.807, 2.05) is 25.7 Å². The SMILES string of the molecule is CCC1CCC(C)N1C(=O)COC(C)(C)C. The van der Waals surface area contributed by atoms with Gasteiger partial charge in [-0.1, -0.05) is 6.92 Å². The number of ether oxygens (including phenoxy) is 1. The first kappa shape index (κ1) is 13.5. The molecule has 2 unspecified atom stereocenters. The minimum absolute atomic E-state index is 0.145. The first-order chi connectivity index (χ1) is 7.35. The van der Waals surface area contributed by atoms with E-state index in [4.69, 9.17) is 4.74 Å². The van der Waals surface area contributed by atoms with Gasteiger partial charge in [-0.3, -0.25) is 4.79 Å². The van der Waals surface area contributed by atoms with Crippen molar-refractivity contribution in [2.24, 2.45) is 0 Å². The lowest BCUT2D eigenvalue weighted by Gasteiger charge is -2.29. The summed E-state index contributed by atoms with van der Waals surface area (Å²) in [6.45, 7) is 10.4. The zero-order valence-corrected chi connectivity index (χ0v) is 11.2. The fraction of sp³-hybridized carbons (Fsp3) is 0.923. The average molecular weight is 227 g/mol. The molecule has 16 heavy (non-hydrogen) atoms. The quantitative estimate of drug-likeness (QED) is 0.741. The second-order valence-corrected chi connectivity index (χ2v) is 5.69. The molecule has 1 amide bonds. The van der Waals surface area contributed by atoms with Crippen LogP contribution >= 0.6 is 0 Å². The van der Waals surface area contributed by atoms with E-state index in [1.165, 1.54) is 0 Å². The highest BCUT2D eigenvalue weighted by atomic mass is 16.5. The minimum atomic E-state index is -0.236. The predicted molar refractivity (Wildman–Crippen MR) is 65.3 cm³/mol. The number of likely N-dealkylation sites (tertiary alicyclic amines) is 1. The van der Waals surface area contributed by atoms with Crippen molar-refractivity contribution in [2.45, 2.75) is 71.6 Å². The summed E-state index contributed by atoms with van der Waals surface area (Å²) in [5, 5.41) is 0. The van der Waals surface area contributed by atoms with Crippen molar-refractivity contribution in [3.63, 3.8) is 0 Å². The Hall–Kier alpha value is -0.570. The summed E-state index contributed by atoms with van der Waals surface area (Å²) in [5.74, 6) is 0.145. The summed E-state index contributed by atoms with van der Waals surface area (Å²) < 4.78 is 5.55. The first-order valence-electron chi connectivity index (χ1n) is 6.30. The van der Waals surface area contributed by atoms with Gasteiger partial charge in [0.2, 0.25) is 5.91 Å². The molecule has 1 aliphatic rings. The summed E-state index contributed by atoms with van der Waals surface area (Å²) in [7, 11) is 0. The molecule has 1 saturated heterocycles. The van der Waals surface area contributed by atoms with E-state index in [0.29, 0.717) is 12.1 Å². The molecule has 0 saturated carbocycles. The van der Waals surface area contributed by atoms with Crippen molar-refractivity contribution in [3.8, 4) is 0 Å². The van der Waals surface area contributed by atoms with E-state index in [9.17, 15) is 4.79 Å². The maximum atomic E-state index is 12.1. The highest BCUT2D eigenvalue weighted by molar-refractivity contribution is 5.78. The third-order valence-corrected chi connectivity index (χ3v) is 3.17. The summed E-state index contributed by atoms with van der Waals surface area (Å²) in [5.41, 5.74) is -0.236. The first-order valence-corrected chi connectivity index (χ1v) is 6.30. The predicted octanol–water partition coefficient (Wildman–Crippen LogP) is 2.59. The van der Waals surface area contributed by atoms with Gasteiger partial charge in [0.25, 0.3) is 0 Å².